The summed E-state index contributed by atoms with van der Waals surface area (Å²) in [6, 6.07) is 23.3. The van der Waals surface area contributed by atoms with E-state index in [1.807, 2.05) is 72.8 Å². The van der Waals surface area contributed by atoms with Crippen LogP contribution in [0.3, 0.4) is 0 Å². The fourth-order valence-corrected chi connectivity index (χ4v) is 10.1. The number of benzene rings is 4. The highest BCUT2D eigenvalue weighted by Crippen LogP contribution is 2.45. The Morgan fingerprint density at radius 1 is 0.380 bits per heavy atom. The van der Waals surface area contributed by atoms with Crippen LogP contribution in [0.25, 0.3) is 21.5 Å². The van der Waals surface area contributed by atoms with Gasteiger partial charge in [-0.2, -0.15) is 0 Å². The van der Waals surface area contributed by atoms with Gasteiger partial charge in [0.25, 0.3) is 0 Å². The number of esters is 2. The van der Waals surface area contributed by atoms with E-state index in [1.165, 1.54) is 180 Å². The molecule has 0 aliphatic rings. The average molecular weight is 1090 g/mol. The number of unbranched alkanes of at least 4 members (excludes halogenated alkanes) is 30. The first kappa shape index (κ1) is 66.7. The van der Waals surface area contributed by atoms with Crippen molar-refractivity contribution < 1.29 is 42.7 Å². The second-order valence-corrected chi connectivity index (χ2v) is 22.3. The lowest BCUT2D eigenvalue weighted by atomic mass is 10.00. The van der Waals surface area contributed by atoms with Gasteiger partial charge in [0.1, 0.15) is 36.2 Å². The minimum Gasteiger partial charge on any atom is -0.488 e. The summed E-state index contributed by atoms with van der Waals surface area (Å²) in [5.74, 6) is 1.50. The van der Waals surface area contributed by atoms with Crippen LogP contribution in [0.5, 0.6) is 23.0 Å². The number of hydrogen-bond acceptors (Lipinski definition) is 9. The van der Waals surface area contributed by atoms with Gasteiger partial charge in [-0.25, -0.2) is 9.59 Å². The van der Waals surface area contributed by atoms with Crippen LogP contribution in [0.2, 0.25) is 0 Å². The standard InChI is InChI=1S/C70H106O9/c1-7-9-11-13-15-17-19-21-23-25-27-29-31-33-35-42-50-73-53-61(78-69(71)57(3)4)55-75-67-63-46-40-41-47-64(63)68(66-52-60(48-49-65(66)67)77-59-44-38-37-39-45-59)76-56-62(79-70(72)58(5)6)54-74-51-43-36-34-32-30-28-26-24-22-20-18-16-14-12-10-8-2/h37-41,44-49,52,61-62H,3,5,7-36,42-43,50-51,53-56H2,1-2,4,6H3. The average Bonchev–Trinajstić information content (AvgIpc) is 3.53. The predicted molar refractivity (Wildman–Crippen MR) is 329 cm³/mol. The van der Waals surface area contributed by atoms with E-state index in [4.69, 9.17) is 33.2 Å². The summed E-state index contributed by atoms with van der Waals surface area (Å²) in [7, 11) is 0. The highest BCUT2D eigenvalue weighted by molar-refractivity contribution is 6.11. The van der Waals surface area contributed by atoms with E-state index in [0.29, 0.717) is 47.4 Å². The highest BCUT2D eigenvalue weighted by atomic mass is 16.6. The molecule has 9 heteroatoms. The minimum absolute atomic E-state index is 0.0384. The topological polar surface area (TPSA) is 98.8 Å². The van der Waals surface area contributed by atoms with Gasteiger partial charge in [-0.15, -0.1) is 0 Å². The van der Waals surface area contributed by atoms with Crippen LogP contribution >= 0.6 is 0 Å². The van der Waals surface area contributed by atoms with Gasteiger partial charge in [-0.3, -0.25) is 0 Å². The first-order valence-corrected chi connectivity index (χ1v) is 31.6. The number of rotatable bonds is 50. The molecule has 0 fully saturated rings. The molecule has 0 bridgehead atoms. The fraction of sp³-hybridized carbons (Fsp3) is 0.629. The number of para-hydroxylation sites is 1. The first-order valence-electron chi connectivity index (χ1n) is 31.6. The van der Waals surface area contributed by atoms with Crippen molar-refractivity contribution in [2.24, 2.45) is 0 Å². The largest absolute Gasteiger partial charge is 0.488 e. The SMILES string of the molecule is C=C(C)C(=O)OC(COCCCCCCCCCCCCCCCCCC)COc1c2ccccc2c(OCC(COCCCCCCCCCCCCCCCCCC)OC(=O)C(=C)C)c2cc(Oc3ccccc3)ccc12. The van der Waals surface area contributed by atoms with Crippen LogP contribution in [0.15, 0.2) is 97.1 Å². The van der Waals surface area contributed by atoms with E-state index in [1.54, 1.807) is 13.8 Å². The van der Waals surface area contributed by atoms with Gasteiger partial charge in [0.15, 0.2) is 12.2 Å². The summed E-state index contributed by atoms with van der Waals surface area (Å²) in [5, 5.41) is 3.09. The van der Waals surface area contributed by atoms with Crippen molar-refractivity contribution in [3.05, 3.63) is 97.1 Å². The third-order valence-electron chi connectivity index (χ3n) is 14.8. The molecule has 2 atom stereocenters. The van der Waals surface area contributed by atoms with Crippen molar-refractivity contribution in [1.29, 1.82) is 0 Å². The zero-order valence-corrected chi connectivity index (χ0v) is 50.0. The van der Waals surface area contributed by atoms with Gasteiger partial charge in [0.2, 0.25) is 0 Å². The van der Waals surface area contributed by atoms with Crippen LogP contribution in [0, 0.1) is 0 Å². The molecular weight excluding hydrogens is 985 g/mol. The molecule has 440 valence electrons. The van der Waals surface area contributed by atoms with Crippen LogP contribution in [0.4, 0.5) is 0 Å². The summed E-state index contributed by atoms with van der Waals surface area (Å²) in [6.07, 6.45) is 40.5. The maximum absolute atomic E-state index is 13.0. The molecular formula is C70H106O9. The smallest absolute Gasteiger partial charge is 0.333 e. The zero-order chi connectivity index (χ0) is 56.4. The van der Waals surface area contributed by atoms with E-state index < -0.39 is 24.1 Å². The van der Waals surface area contributed by atoms with Gasteiger partial charge in [-0.1, -0.05) is 262 Å². The van der Waals surface area contributed by atoms with Crippen molar-refractivity contribution in [2.45, 2.75) is 245 Å². The zero-order valence-electron chi connectivity index (χ0n) is 50.0. The summed E-state index contributed by atoms with van der Waals surface area (Å²) < 4.78 is 44.1. The summed E-state index contributed by atoms with van der Waals surface area (Å²) in [6.45, 7) is 17.1. The predicted octanol–water partition coefficient (Wildman–Crippen LogP) is 20.1. The maximum Gasteiger partial charge on any atom is 0.333 e. The van der Waals surface area contributed by atoms with Gasteiger partial charge < -0.3 is 33.2 Å². The molecule has 4 aromatic rings. The Morgan fingerprint density at radius 3 is 1.08 bits per heavy atom. The molecule has 0 radical (unpaired) electrons. The van der Waals surface area contributed by atoms with Crippen molar-refractivity contribution in [2.75, 3.05) is 39.6 Å². The first-order chi connectivity index (χ1) is 38.7. The fourth-order valence-electron chi connectivity index (χ4n) is 10.1. The summed E-state index contributed by atoms with van der Waals surface area (Å²) >= 11 is 0. The van der Waals surface area contributed by atoms with Gasteiger partial charge in [-0.05, 0) is 57.0 Å². The van der Waals surface area contributed by atoms with Crippen molar-refractivity contribution in [3.63, 3.8) is 0 Å². The Morgan fingerprint density at radius 2 is 0.709 bits per heavy atom. The van der Waals surface area contributed by atoms with Crippen LogP contribution in [0.1, 0.15) is 233 Å². The van der Waals surface area contributed by atoms with Gasteiger partial charge >= 0.3 is 11.9 Å². The third kappa shape index (κ3) is 28.9. The Hall–Kier alpha value is -4.86. The molecule has 0 N–H and O–H groups in total. The number of ether oxygens (including phenoxy) is 7. The second kappa shape index (κ2) is 42.9. The normalized spacial score (nSPS) is 12.2. The van der Waals surface area contributed by atoms with Crippen molar-refractivity contribution in [3.8, 4) is 23.0 Å². The molecule has 79 heavy (non-hydrogen) atoms. The number of fused-ring (bicyclic) bond motifs is 2. The Bertz CT molecular complexity index is 2250. The molecule has 0 saturated carbocycles. The summed E-state index contributed by atoms with van der Waals surface area (Å²) in [5.41, 5.74) is 0.616. The van der Waals surface area contributed by atoms with E-state index in [2.05, 4.69) is 27.0 Å². The highest BCUT2D eigenvalue weighted by Gasteiger charge is 2.23. The molecule has 0 amide bonds. The third-order valence-corrected chi connectivity index (χ3v) is 14.8. The van der Waals surface area contributed by atoms with E-state index in [0.717, 1.165) is 47.2 Å². The molecule has 9 nitrogen and oxygen atoms in total. The van der Waals surface area contributed by atoms with E-state index in [9.17, 15) is 9.59 Å². The van der Waals surface area contributed by atoms with Gasteiger partial charge in [0, 0.05) is 45.9 Å². The number of hydrogen-bond donors (Lipinski definition) is 0. The molecule has 4 aromatic carbocycles. The second-order valence-electron chi connectivity index (χ2n) is 22.3. The van der Waals surface area contributed by atoms with E-state index in [-0.39, 0.29) is 26.4 Å². The lowest BCUT2D eigenvalue weighted by Gasteiger charge is -2.23. The molecule has 0 heterocycles. The van der Waals surface area contributed by atoms with E-state index >= 15 is 0 Å². The maximum atomic E-state index is 13.0. The lowest BCUT2D eigenvalue weighted by molar-refractivity contribution is -0.150. The summed E-state index contributed by atoms with van der Waals surface area (Å²) in [4.78, 5) is 25.9. The Labute approximate surface area is 479 Å². The van der Waals surface area contributed by atoms with Crippen LogP contribution in [-0.2, 0) is 28.5 Å². The lowest BCUT2D eigenvalue weighted by Crippen LogP contribution is -2.30. The molecule has 0 aliphatic heterocycles. The van der Waals surface area contributed by atoms with Crippen LogP contribution in [-0.4, -0.2) is 63.8 Å². The number of carbonyl (C=O) groups is 2. The molecule has 0 spiro atoms. The molecule has 0 aliphatic carbocycles. The monoisotopic (exact) mass is 1090 g/mol. The van der Waals surface area contributed by atoms with Crippen molar-refractivity contribution in [1.82, 2.24) is 0 Å². The van der Waals surface area contributed by atoms with Gasteiger partial charge in [0.05, 0.1) is 13.2 Å². The molecule has 4 rings (SSSR count). The Balaban J connectivity index is 1.34. The molecule has 0 saturated heterocycles. The molecule has 0 aromatic heterocycles. The Kier molecular flexibility index (Phi) is 36.2. The van der Waals surface area contributed by atoms with Crippen molar-refractivity contribution >= 4 is 33.5 Å². The molecule has 2 unspecified atom stereocenters. The minimum atomic E-state index is -0.693. The quantitative estimate of drug-likeness (QED) is 0.0185. The van der Waals surface area contributed by atoms with Crippen LogP contribution < -0.4 is 14.2 Å². The number of carbonyl (C=O) groups excluding carboxylic acids is 2.